The molecule has 1 heterocycles. The highest BCUT2D eigenvalue weighted by molar-refractivity contribution is 5.95. The summed E-state index contributed by atoms with van der Waals surface area (Å²) in [7, 11) is 0. The van der Waals surface area contributed by atoms with Gasteiger partial charge in [-0.1, -0.05) is 19.1 Å². The number of carbonyl (C=O) groups excluding carboxylic acids is 2. The van der Waals surface area contributed by atoms with Crippen molar-refractivity contribution in [3.63, 3.8) is 0 Å². The Hall–Kier alpha value is -3.48. The molecule has 0 spiro atoms. The lowest BCUT2D eigenvalue weighted by atomic mass is 10.2. The van der Waals surface area contributed by atoms with Crippen molar-refractivity contribution in [3.05, 3.63) is 59.9 Å². The SMILES string of the molecule is CCCOC(=O)c1ccc(Nc2nc(C(=O)OCC)nc3ccccc23)cc1. The zero-order chi connectivity index (χ0) is 19.9. The minimum absolute atomic E-state index is 0.0113. The van der Waals surface area contributed by atoms with Gasteiger partial charge in [0.05, 0.1) is 24.3 Å². The highest BCUT2D eigenvalue weighted by Gasteiger charge is 2.15. The number of anilines is 2. The Bertz CT molecular complexity index is 987. The molecule has 3 rings (SSSR count). The molecule has 1 aromatic heterocycles. The summed E-state index contributed by atoms with van der Waals surface area (Å²) in [5.41, 5.74) is 1.81. The number of rotatable bonds is 7. The number of ether oxygens (including phenoxy) is 2. The van der Waals surface area contributed by atoms with Gasteiger partial charge in [-0.25, -0.2) is 19.6 Å². The third-order valence-electron chi connectivity index (χ3n) is 3.88. The van der Waals surface area contributed by atoms with Gasteiger partial charge in [-0.15, -0.1) is 0 Å². The van der Waals surface area contributed by atoms with Gasteiger partial charge in [0.1, 0.15) is 5.82 Å². The van der Waals surface area contributed by atoms with Crippen LogP contribution >= 0.6 is 0 Å². The molecule has 7 heteroatoms. The summed E-state index contributed by atoms with van der Waals surface area (Å²) < 4.78 is 10.1. The number of nitrogens with one attached hydrogen (secondary N) is 1. The van der Waals surface area contributed by atoms with E-state index in [9.17, 15) is 9.59 Å². The average molecular weight is 379 g/mol. The molecule has 0 amide bonds. The summed E-state index contributed by atoms with van der Waals surface area (Å²) in [5.74, 6) is -0.464. The molecule has 2 aromatic carbocycles. The van der Waals surface area contributed by atoms with Crippen molar-refractivity contribution in [3.8, 4) is 0 Å². The standard InChI is InChI=1S/C21H21N3O4/c1-3-13-28-20(25)14-9-11-15(12-10-14)22-18-16-7-5-6-8-17(16)23-19(24-18)21(26)27-4-2/h5-12H,3-4,13H2,1-2H3,(H,22,23,24). The van der Waals surface area contributed by atoms with E-state index in [1.54, 1.807) is 37.3 Å². The van der Waals surface area contributed by atoms with Gasteiger partial charge >= 0.3 is 11.9 Å². The number of aromatic nitrogens is 2. The smallest absolute Gasteiger partial charge is 0.376 e. The van der Waals surface area contributed by atoms with E-state index in [-0.39, 0.29) is 18.4 Å². The van der Waals surface area contributed by atoms with Crippen LogP contribution in [0.4, 0.5) is 11.5 Å². The van der Waals surface area contributed by atoms with Crippen LogP contribution in [-0.2, 0) is 9.47 Å². The Balaban J connectivity index is 1.88. The number of para-hydroxylation sites is 1. The summed E-state index contributed by atoms with van der Waals surface area (Å²) in [5, 5.41) is 3.95. The second kappa shape index (κ2) is 8.94. The molecular weight excluding hydrogens is 358 g/mol. The van der Waals surface area contributed by atoms with Crippen molar-refractivity contribution in [1.82, 2.24) is 9.97 Å². The van der Waals surface area contributed by atoms with Gasteiger partial charge in [0.25, 0.3) is 0 Å². The quantitative estimate of drug-likeness (QED) is 0.618. The van der Waals surface area contributed by atoms with Crippen molar-refractivity contribution in [2.45, 2.75) is 20.3 Å². The Morgan fingerprint density at radius 3 is 2.39 bits per heavy atom. The number of nitrogens with zero attached hydrogens (tertiary/aromatic N) is 2. The van der Waals surface area contributed by atoms with E-state index in [4.69, 9.17) is 9.47 Å². The van der Waals surface area contributed by atoms with Gasteiger partial charge in [-0.05, 0) is 49.7 Å². The number of fused-ring (bicyclic) bond motifs is 1. The second-order valence-corrected chi connectivity index (χ2v) is 5.97. The van der Waals surface area contributed by atoms with Gasteiger partial charge in [0, 0.05) is 11.1 Å². The Kier molecular flexibility index (Phi) is 6.16. The van der Waals surface area contributed by atoms with E-state index >= 15 is 0 Å². The molecule has 0 aliphatic carbocycles. The predicted octanol–water partition coefficient (Wildman–Crippen LogP) is 4.12. The normalized spacial score (nSPS) is 10.5. The summed E-state index contributed by atoms with van der Waals surface area (Å²) in [6.45, 7) is 4.30. The van der Waals surface area contributed by atoms with Crippen molar-refractivity contribution in [2.24, 2.45) is 0 Å². The zero-order valence-corrected chi connectivity index (χ0v) is 15.8. The third kappa shape index (κ3) is 4.43. The van der Waals surface area contributed by atoms with Crippen molar-refractivity contribution in [1.29, 1.82) is 0 Å². The molecule has 0 radical (unpaired) electrons. The van der Waals surface area contributed by atoms with Crippen LogP contribution in [0.15, 0.2) is 48.5 Å². The largest absolute Gasteiger partial charge is 0.462 e. The van der Waals surface area contributed by atoms with Crippen molar-refractivity contribution < 1.29 is 19.1 Å². The number of hydrogen-bond donors (Lipinski definition) is 1. The molecule has 0 saturated carbocycles. The monoisotopic (exact) mass is 379 g/mol. The zero-order valence-electron chi connectivity index (χ0n) is 15.8. The minimum Gasteiger partial charge on any atom is -0.462 e. The topological polar surface area (TPSA) is 90.4 Å². The van der Waals surface area contributed by atoms with Gasteiger partial charge in [0.2, 0.25) is 5.82 Å². The molecule has 0 atom stereocenters. The van der Waals surface area contributed by atoms with Crippen LogP contribution in [0.25, 0.3) is 10.9 Å². The maximum atomic E-state index is 12.1. The fraction of sp³-hybridized carbons (Fsp3) is 0.238. The number of hydrogen-bond acceptors (Lipinski definition) is 7. The molecule has 7 nitrogen and oxygen atoms in total. The molecule has 144 valence electrons. The van der Waals surface area contributed by atoms with E-state index in [1.807, 2.05) is 25.1 Å². The molecule has 3 aromatic rings. The molecule has 1 N–H and O–H groups in total. The first-order chi connectivity index (χ1) is 13.6. The van der Waals surface area contributed by atoms with Crippen LogP contribution in [-0.4, -0.2) is 35.1 Å². The molecule has 0 bridgehead atoms. The van der Waals surface area contributed by atoms with E-state index in [0.29, 0.717) is 29.2 Å². The molecule has 0 aliphatic rings. The Labute approximate surface area is 162 Å². The summed E-state index contributed by atoms with van der Waals surface area (Å²) in [6.07, 6.45) is 0.773. The van der Waals surface area contributed by atoms with Gasteiger partial charge in [0.15, 0.2) is 0 Å². The number of carbonyl (C=O) groups is 2. The van der Waals surface area contributed by atoms with Crippen LogP contribution < -0.4 is 5.32 Å². The molecule has 0 fully saturated rings. The lowest BCUT2D eigenvalue weighted by molar-refractivity contribution is 0.0499. The van der Waals surface area contributed by atoms with Crippen LogP contribution in [0.3, 0.4) is 0 Å². The Morgan fingerprint density at radius 2 is 1.68 bits per heavy atom. The first-order valence-corrected chi connectivity index (χ1v) is 9.10. The first kappa shape index (κ1) is 19.3. The summed E-state index contributed by atoms with van der Waals surface area (Å²) in [4.78, 5) is 32.6. The highest BCUT2D eigenvalue weighted by Crippen LogP contribution is 2.24. The fourth-order valence-electron chi connectivity index (χ4n) is 2.56. The van der Waals surface area contributed by atoms with Crippen LogP contribution in [0.2, 0.25) is 0 Å². The van der Waals surface area contributed by atoms with Crippen molar-refractivity contribution >= 4 is 34.3 Å². The maximum Gasteiger partial charge on any atom is 0.376 e. The summed E-state index contributed by atoms with van der Waals surface area (Å²) in [6, 6.07) is 14.2. The molecule has 0 aliphatic heterocycles. The predicted molar refractivity (Wildman–Crippen MR) is 106 cm³/mol. The highest BCUT2D eigenvalue weighted by atomic mass is 16.5. The maximum absolute atomic E-state index is 12.1. The summed E-state index contributed by atoms with van der Waals surface area (Å²) >= 11 is 0. The lowest BCUT2D eigenvalue weighted by Gasteiger charge is -2.11. The van der Waals surface area contributed by atoms with Gasteiger partial charge in [-0.3, -0.25) is 0 Å². The van der Waals surface area contributed by atoms with Crippen molar-refractivity contribution in [2.75, 3.05) is 18.5 Å². The van der Waals surface area contributed by atoms with Crippen LogP contribution in [0.1, 0.15) is 41.2 Å². The second-order valence-electron chi connectivity index (χ2n) is 5.97. The minimum atomic E-state index is -0.578. The van der Waals surface area contributed by atoms with E-state index in [0.717, 1.165) is 11.8 Å². The van der Waals surface area contributed by atoms with E-state index in [2.05, 4.69) is 15.3 Å². The van der Waals surface area contributed by atoms with Gasteiger partial charge < -0.3 is 14.8 Å². The molecule has 0 unspecified atom stereocenters. The fourth-order valence-corrected chi connectivity index (χ4v) is 2.56. The molecule has 28 heavy (non-hydrogen) atoms. The van der Waals surface area contributed by atoms with E-state index in [1.165, 1.54) is 0 Å². The lowest BCUT2D eigenvalue weighted by Crippen LogP contribution is -2.11. The molecular formula is C21H21N3O4. The van der Waals surface area contributed by atoms with Crippen LogP contribution in [0, 0.1) is 0 Å². The third-order valence-corrected chi connectivity index (χ3v) is 3.88. The average Bonchev–Trinajstić information content (AvgIpc) is 2.72. The Morgan fingerprint density at radius 1 is 0.929 bits per heavy atom. The van der Waals surface area contributed by atoms with Gasteiger partial charge in [-0.2, -0.15) is 0 Å². The van der Waals surface area contributed by atoms with E-state index < -0.39 is 5.97 Å². The molecule has 0 saturated heterocycles. The number of benzene rings is 2. The first-order valence-electron chi connectivity index (χ1n) is 9.10. The van der Waals surface area contributed by atoms with Crippen LogP contribution in [0.5, 0.6) is 0 Å². The number of esters is 2.